The molecule has 0 aromatic carbocycles. The van der Waals surface area contributed by atoms with Crippen LogP contribution in [0.15, 0.2) is 18.3 Å². The van der Waals surface area contributed by atoms with Gasteiger partial charge in [0.15, 0.2) is 0 Å². The lowest BCUT2D eigenvalue weighted by Crippen LogP contribution is -2.52. The van der Waals surface area contributed by atoms with Crippen LogP contribution < -0.4 is 10.2 Å². The molecule has 1 aliphatic heterocycles. The quantitative estimate of drug-likeness (QED) is 0.795. The number of hydrogen-bond donors (Lipinski definition) is 2. The largest absolute Gasteiger partial charge is 0.481 e. The summed E-state index contributed by atoms with van der Waals surface area (Å²) in [5, 5.41) is 11.3. The molecule has 1 saturated heterocycles. The van der Waals surface area contributed by atoms with Gasteiger partial charge in [0.25, 0.3) is 0 Å². The van der Waals surface area contributed by atoms with Crippen LogP contribution >= 0.6 is 0 Å². The monoisotopic (exact) mass is 306 g/mol. The van der Waals surface area contributed by atoms with Gasteiger partial charge in [-0.05, 0) is 31.0 Å². The van der Waals surface area contributed by atoms with Gasteiger partial charge in [0.1, 0.15) is 5.82 Å². The van der Waals surface area contributed by atoms with E-state index in [1.807, 2.05) is 19.1 Å². The number of carbonyl (C=O) groups is 2. The number of nitrogens with one attached hydrogen (secondary N) is 1. The van der Waals surface area contributed by atoms with Gasteiger partial charge in [-0.1, -0.05) is 0 Å². The number of rotatable bonds is 5. The molecule has 1 aliphatic rings. The average molecular weight is 306 g/mol. The molecule has 1 aromatic rings. The Bertz CT molecular complexity index is 527. The molecule has 0 bridgehead atoms. The highest BCUT2D eigenvalue weighted by molar-refractivity contribution is 5.74. The minimum atomic E-state index is -0.839. The summed E-state index contributed by atoms with van der Waals surface area (Å²) in [7, 11) is 0. The van der Waals surface area contributed by atoms with Crippen molar-refractivity contribution in [2.75, 3.05) is 37.6 Å². The molecule has 0 radical (unpaired) electrons. The normalized spacial score (nSPS) is 14.8. The van der Waals surface area contributed by atoms with Crippen molar-refractivity contribution in [2.45, 2.75) is 19.8 Å². The van der Waals surface area contributed by atoms with E-state index in [0.717, 1.165) is 18.9 Å². The second-order valence-corrected chi connectivity index (χ2v) is 5.39. The van der Waals surface area contributed by atoms with Gasteiger partial charge in [-0.15, -0.1) is 0 Å². The maximum atomic E-state index is 12.0. The summed E-state index contributed by atoms with van der Waals surface area (Å²) in [4.78, 5) is 30.7. The highest BCUT2D eigenvalue weighted by Gasteiger charge is 2.21. The van der Waals surface area contributed by atoms with Crippen molar-refractivity contribution in [3.8, 4) is 0 Å². The van der Waals surface area contributed by atoms with E-state index in [1.165, 1.54) is 5.56 Å². The van der Waals surface area contributed by atoms with E-state index >= 15 is 0 Å². The predicted molar refractivity (Wildman–Crippen MR) is 83.0 cm³/mol. The molecule has 1 fully saturated rings. The Labute approximate surface area is 129 Å². The van der Waals surface area contributed by atoms with Crippen LogP contribution in [-0.2, 0) is 4.79 Å². The fourth-order valence-electron chi connectivity index (χ4n) is 2.38. The Balaban J connectivity index is 1.74. The Morgan fingerprint density at radius 1 is 1.32 bits per heavy atom. The zero-order valence-electron chi connectivity index (χ0n) is 12.8. The van der Waals surface area contributed by atoms with Crippen molar-refractivity contribution in [2.24, 2.45) is 0 Å². The molecule has 0 saturated carbocycles. The average Bonchev–Trinajstić information content (AvgIpc) is 2.51. The van der Waals surface area contributed by atoms with Gasteiger partial charge in [-0.25, -0.2) is 9.78 Å². The zero-order valence-corrected chi connectivity index (χ0v) is 12.8. The van der Waals surface area contributed by atoms with Crippen LogP contribution in [0.3, 0.4) is 0 Å². The number of aryl methyl sites for hydroxylation is 1. The van der Waals surface area contributed by atoms with Gasteiger partial charge in [0.2, 0.25) is 0 Å². The highest BCUT2D eigenvalue weighted by atomic mass is 16.4. The summed E-state index contributed by atoms with van der Waals surface area (Å²) < 4.78 is 0. The maximum Gasteiger partial charge on any atom is 0.317 e. The Hall–Kier alpha value is -2.31. The molecule has 0 spiro atoms. The molecule has 2 heterocycles. The standard InChI is InChI=1S/C15H22N4O3/c1-12-4-6-16-13(11-12)18-7-9-19(10-8-18)15(22)17-5-2-3-14(20)21/h4,6,11H,2-3,5,7-10H2,1H3,(H,17,22)(H,20,21). The maximum absolute atomic E-state index is 12.0. The number of amides is 2. The predicted octanol–water partition coefficient (Wildman–Crippen LogP) is 1.09. The molecule has 120 valence electrons. The third-order valence-electron chi connectivity index (χ3n) is 3.64. The molecule has 7 heteroatoms. The number of aliphatic carboxylic acids is 1. The minimum absolute atomic E-state index is 0.0765. The number of anilines is 1. The van der Waals surface area contributed by atoms with Crippen LogP contribution in [0.1, 0.15) is 18.4 Å². The zero-order chi connectivity index (χ0) is 15.9. The van der Waals surface area contributed by atoms with E-state index in [1.54, 1.807) is 11.1 Å². The van der Waals surface area contributed by atoms with E-state index in [-0.39, 0.29) is 12.5 Å². The number of aromatic nitrogens is 1. The summed E-state index contributed by atoms with van der Waals surface area (Å²) in [5.74, 6) is 0.107. The van der Waals surface area contributed by atoms with E-state index in [0.29, 0.717) is 26.1 Å². The smallest absolute Gasteiger partial charge is 0.317 e. The fourth-order valence-corrected chi connectivity index (χ4v) is 2.38. The van der Waals surface area contributed by atoms with Crippen molar-refractivity contribution in [3.63, 3.8) is 0 Å². The van der Waals surface area contributed by atoms with Crippen molar-refractivity contribution >= 4 is 17.8 Å². The van der Waals surface area contributed by atoms with Crippen LogP contribution in [0, 0.1) is 6.92 Å². The molecule has 2 amide bonds. The third kappa shape index (κ3) is 4.61. The van der Waals surface area contributed by atoms with Crippen molar-refractivity contribution in [1.82, 2.24) is 15.2 Å². The second-order valence-electron chi connectivity index (χ2n) is 5.39. The highest BCUT2D eigenvalue weighted by Crippen LogP contribution is 2.14. The lowest BCUT2D eigenvalue weighted by molar-refractivity contribution is -0.137. The first-order valence-electron chi connectivity index (χ1n) is 7.48. The second kappa shape index (κ2) is 7.63. The topological polar surface area (TPSA) is 85.8 Å². The minimum Gasteiger partial charge on any atom is -0.481 e. The molecule has 2 N–H and O–H groups in total. The molecular formula is C15H22N4O3. The molecule has 0 unspecified atom stereocenters. The Morgan fingerprint density at radius 3 is 2.68 bits per heavy atom. The van der Waals surface area contributed by atoms with Crippen LogP contribution in [0.5, 0.6) is 0 Å². The summed E-state index contributed by atoms with van der Waals surface area (Å²) in [6, 6.07) is 3.88. The van der Waals surface area contributed by atoms with E-state index < -0.39 is 5.97 Å². The number of carboxylic acids is 1. The number of carbonyl (C=O) groups excluding carboxylic acids is 1. The van der Waals surface area contributed by atoms with Gasteiger partial charge in [0.05, 0.1) is 0 Å². The van der Waals surface area contributed by atoms with Crippen LogP contribution in [0.2, 0.25) is 0 Å². The molecule has 1 aromatic heterocycles. The van der Waals surface area contributed by atoms with Crippen LogP contribution in [0.4, 0.5) is 10.6 Å². The molecule has 0 atom stereocenters. The lowest BCUT2D eigenvalue weighted by atomic mass is 10.2. The number of carboxylic acid groups (broad SMARTS) is 1. The Morgan fingerprint density at radius 2 is 2.05 bits per heavy atom. The first-order chi connectivity index (χ1) is 10.6. The number of hydrogen-bond acceptors (Lipinski definition) is 4. The van der Waals surface area contributed by atoms with Crippen molar-refractivity contribution < 1.29 is 14.7 Å². The fraction of sp³-hybridized carbons (Fsp3) is 0.533. The summed E-state index contributed by atoms with van der Waals surface area (Å²) >= 11 is 0. The SMILES string of the molecule is Cc1ccnc(N2CCN(C(=O)NCCCC(=O)O)CC2)c1. The van der Waals surface area contributed by atoms with E-state index in [9.17, 15) is 9.59 Å². The number of piperazine rings is 1. The first-order valence-corrected chi connectivity index (χ1v) is 7.48. The first kappa shape index (κ1) is 16.1. The molecular weight excluding hydrogens is 284 g/mol. The van der Waals surface area contributed by atoms with Crippen LogP contribution in [-0.4, -0.2) is 59.7 Å². The molecule has 0 aliphatic carbocycles. The van der Waals surface area contributed by atoms with Crippen molar-refractivity contribution in [3.05, 3.63) is 23.9 Å². The molecule has 7 nitrogen and oxygen atoms in total. The van der Waals surface area contributed by atoms with Gasteiger partial charge >= 0.3 is 12.0 Å². The number of nitrogens with zero attached hydrogens (tertiary/aromatic N) is 3. The van der Waals surface area contributed by atoms with Crippen LogP contribution in [0.25, 0.3) is 0 Å². The molecule has 2 rings (SSSR count). The summed E-state index contributed by atoms with van der Waals surface area (Å²) in [6.45, 7) is 5.20. The van der Waals surface area contributed by atoms with E-state index in [2.05, 4.69) is 15.2 Å². The number of pyridine rings is 1. The van der Waals surface area contributed by atoms with Gasteiger partial charge in [-0.3, -0.25) is 4.79 Å². The third-order valence-corrected chi connectivity index (χ3v) is 3.64. The number of urea groups is 1. The summed E-state index contributed by atoms with van der Waals surface area (Å²) in [5.41, 5.74) is 1.17. The van der Waals surface area contributed by atoms with Gasteiger partial charge in [0, 0.05) is 45.3 Å². The van der Waals surface area contributed by atoms with Gasteiger partial charge in [-0.2, -0.15) is 0 Å². The van der Waals surface area contributed by atoms with E-state index in [4.69, 9.17) is 5.11 Å². The lowest BCUT2D eigenvalue weighted by Gasteiger charge is -2.35. The summed E-state index contributed by atoms with van der Waals surface area (Å²) in [6.07, 6.45) is 2.33. The van der Waals surface area contributed by atoms with Crippen molar-refractivity contribution in [1.29, 1.82) is 0 Å². The van der Waals surface area contributed by atoms with Gasteiger partial charge < -0.3 is 20.2 Å². The molecule has 22 heavy (non-hydrogen) atoms. The Kier molecular flexibility index (Phi) is 5.57.